The Morgan fingerprint density at radius 1 is 1.04 bits per heavy atom. The lowest BCUT2D eigenvalue weighted by Crippen LogP contribution is -2.33. The van der Waals surface area contributed by atoms with E-state index < -0.39 is 0 Å². The van der Waals surface area contributed by atoms with E-state index in [4.69, 9.17) is 5.73 Å². The van der Waals surface area contributed by atoms with Crippen molar-refractivity contribution in [1.82, 2.24) is 5.32 Å². The summed E-state index contributed by atoms with van der Waals surface area (Å²) < 4.78 is 0. The van der Waals surface area contributed by atoms with Crippen LogP contribution in [0.1, 0.15) is 42.9 Å². The molecule has 3 heteroatoms. The minimum atomic E-state index is 0.0792. The number of benzene rings is 2. The number of hydrogen-bond acceptors (Lipinski definition) is 2. The number of rotatable bonds is 5. The molecule has 1 amide bonds. The molecule has 2 aromatic rings. The van der Waals surface area contributed by atoms with Crippen molar-refractivity contribution >= 4 is 11.6 Å². The molecule has 1 fully saturated rings. The van der Waals surface area contributed by atoms with Gasteiger partial charge in [0.15, 0.2) is 0 Å². The summed E-state index contributed by atoms with van der Waals surface area (Å²) >= 11 is 0. The largest absolute Gasteiger partial charge is 0.399 e. The molecule has 0 saturated heterocycles. The second kappa shape index (κ2) is 7.32. The third kappa shape index (κ3) is 4.13. The Balaban J connectivity index is 1.70. The van der Waals surface area contributed by atoms with E-state index in [0.29, 0.717) is 12.3 Å². The highest BCUT2D eigenvalue weighted by Gasteiger charge is 2.27. The molecule has 1 unspecified atom stereocenters. The number of nitrogens with two attached hydrogens (primary N) is 1. The monoisotopic (exact) mass is 308 g/mol. The summed E-state index contributed by atoms with van der Waals surface area (Å²) in [4.78, 5) is 12.5. The van der Waals surface area contributed by atoms with Crippen molar-refractivity contribution in [3.05, 3.63) is 65.7 Å². The van der Waals surface area contributed by atoms with Crippen molar-refractivity contribution in [2.24, 2.45) is 5.92 Å². The van der Waals surface area contributed by atoms with Crippen LogP contribution in [0.25, 0.3) is 0 Å². The van der Waals surface area contributed by atoms with Gasteiger partial charge in [0.05, 0.1) is 12.5 Å². The van der Waals surface area contributed by atoms with Crippen LogP contribution in [0.3, 0.4) is 0 Å². The number of nitrogen functional groups attached to an aromatic ring is 1. The molecule has 3 N–H and O–H groups in total. The zero-order valence-corrected chi connectivity index (χ0v) is 13.4. The molecule has 1 saturated carbocycles. The summed E-state index contributed by atoms with van der Waals surface area (Å²) in [6, 6.07) is 18.0. The van der Waals surface area contributed by atoms with E-state index in [9.17, 15) is 4.79 Å². The number of amides is 1. The smallest absolute Gasteiger partial charge is 0.224 e. The summed E-state index contributed by atoms with van der Waals surface area (Å²) in [6.07, 6.45) is 5.32. The minimum Gasteiger partial charge on any atom is -0.399 e. The Morgan fingerprint density at radius 2 is 1.70 bits per heavy atom. The van der Waals surface area contributed by atoms with Crippen molar-refractivity contribution in [2.45, 2.75) is 38.1 Å². The van der Waals surface area contributed by atoms with Crippen molar-refractivity contribution < 1.29 is 4.79 Å². The molecule has 0 heterocycles. The predicted molar refractivity (Wildman–Crippen MR) is 93.8 cm³/mol. The molecule has 0 bridgehead atoms. The highest BCUT2D eigenvalue weighted by atomic mass is 16.1. The Morgan fingerprint density at radius 3 is 2.35 bits per heavy atom. The lowest BCUT2D eigenvalue weighted by Gasteiger charge is -2.25. The van der Waals surface area contributed by atoms with E-state index in [1.165, 1.54) is 31.2 Å². The van der Waals surface area contributed by atoms with Crippen LogP contribution in [0.15, 0.2) is 54.6 Å². The Hall–Kier alpha value is -2.29. The summed E-state index contributed by atoms with van der Waals surface area (Å²) in [5.74, 6) is 0.628. The van der Waals surface area contributed by atoms with Crippen LogP contribution >= 0.6 is 0 Å². The predicted octanol–water partition coefficient (Wildman–Crippen LogP) is 3.86. The average molecular weight is 308 g/mol. The van der Waals surface area contributed by atoms with E-state index in [1.54, 1.807) is 0 Å². The van der Waals surface area contributed by atoms with Crippen LogP contribution in [0.4, 0.5) is 5.69 Å². The van der Waals surface area contributed by atoms with Gasteiger partial charge in [0.2, 0.25) is 5.91 Å². The van der Waals surface area contributed by atoms with Crippen LogP contribution in [0, 0.1) is 5.92 Å². The van der Waals surface area contributed by atoms with Crippen molar-refractivity contribution in [3.63, 3.8) is 0 Å². The van der Waals surface area contributed by atoms with Gasteiger partial charge in [-0.2, -0.15) is 0 Å². The minimum absolute atomic E-state index is 0.0792. The number of hydrogen-bond donors (Lipinski definition) is 2. The molecule has 0 aromatic heterocycles. The molecule has 0 aliphatic heterocycles. The van der Waals surface area contributed by atoms with Crippen molar-refractivity contribution in [2.75, 3.05) is 5.73 Å². The molecule has 23 heavy (non-hydrogen) atoms. The van der Waals surface area contributed by atoms with Gasteiger partial charge < -0.3 is 11.1 Å². The molecule has 120 valence electrons. The van der Waals surface area contributed by atoms with E-state index in [0.717, 1.165) is 11.3 Å². The second-order valence-corrected chi connectivity index (χ2v) is 6.42. The molecule has 2 aromatic carbocycles. The third-order valence-electron chi connectivity index (χ3n) is 4.69. The molecular formula is C20H24N2O. The Kier molecular flexibility index (Phi) is 4.96. The highest BCUT2D eigenvalue weighted by Crippen LogP contribution is 2.35. The highest BCUT2D eigenvalue weighted by molar-refractivity contribution is 5.79. The first-order chi connectivity index (χ1) is 11.2. The number of carbonyl (C=O) groups excluding carboxylic acids is 1. The van der Waals surface area contributed by atoms with Gasteiger partial charge >= 0.3 is 0 Å². The van der Waals surface area contributed by atoms with Crippen LogP contribution < -0.4 is 11.1 Å². The summed E-state index contributed by atoms with van der Waals surface area (Å²) in [5, 5.41) is 3.27. The first-order valence-electron chi connectivity index (χ1n) is 8.41. The van der Waals surface area contributed by atoms with Crippen LogP contribution in [-0.4, -0.2) is 5.91 Å². The fraction of sp³-hybridized carbons (Fsp3) is 0.350. The van der Waals surface area contributed by atoms with Gasteiger partial charge in [-0.25, -0.2) is 0 Å². The third-order valence-corrected chi connectivity index (χ3v) is 4.69. The first-order valence-corrected chi connectivity index (χ1v) is 8.41. The maximum Gasteiger partial charge on any atom is 0.224 e. The van der Waals surface area contributed by atoms with E-state index in [1.807, 2.05) is 42.5 Å². The normalized spacial score (nSPS) is 16.2. The maximum atomic E-state index is 12.5. The molecule has 0 radical (unpaired) electrons. The quantitative estimate of drug-likeness (QED) is 0.824. The van der Waals surface area contributed by atoms with Gasteiger partial charge in [-0.1, -0.05) is 55.3 Å². The number of nitrogens with one attached hydrogen (secondary N) is 1. The van der Waals surface area contributed by atoms with Gasteiger partial charge in [-0.15, -0.1) is 0 Å². The SMILES string of the molecule is Nc1ccc(CC(=O)NC(c2ccccc2)C2CCCC2)cc1. The lowest BCUT2D eigenvalue weighted by molar-refractivity contribution is -0.121. The zero-order valence-electron chi connectivity index (χ0n) is 13.4. The van der Waals surface area contributed by atoms with E-state index in [-0.39, 0.29) is 11.9 Å². The fourth-order valence-electron chi connectivity index (χ4n) is 3.47. The van der Waals surface area contributed by atoms with E-state index >= 15 is 0 Å². The topological polar surface area (TPSA) is 55.1 Å². The molecule has 3 nitrogen and oxygen atoms in total. The van der Waals surface area contributed by atoms with Crippen molar-refractivity contribution in [1.29, 1.82) is 0 Å². The van der Waals surface area contributed by atoms with E-state index in [2.05, 4.69) is 17.4 Å². The Bertz CT molecular complexity index is 630. The van der Waals surface area contributed by atoms with Crippen LogP contribution in [0.2, 0.25) is 0 Å². The number of carbonyl (C=O) groups is 1. The van der Waals surface area contributed by atoms with Crippen molar-refractivity contribution in [3.8, 4) is 0 Å². The van der Waals surface area contributed by atoms with Gasteiger partial charge in [-0.3, -0.25) is 4.79 Å². The second-order valence-electron chi connectivity index (χ2n) is 6.42. The average Bonchev–Trinajstić information content (AvgIpc) is 3.10. The maximum absolute atomic E-state index is 12.5. The van der Waals surface area contributed by atoms with Gasteiger partial charge in [0.1, 0.15) is 0 Å². The number of anilines is 1. The van der Waals surface area contributed by atoms with Gasteiger partial charge in [-0.05, 0) is 42.0 Å². The molecule has 1 aliphatic rings. The summed E-state index contributed by atoms with van der Waals surface area (Å²) in [5.41, 5.74) is 8.63. The molecule has 3 rings (SSSR count). The summed E-state index contributed by atoms with van der Waals surface area (Å²) in [7, 11) is 0. The lowest BCUT2D eigenvalue weighted by atomic mass is 9.91. The fourth-order valence-corrected chi connectivity index (χ4v) is 3.47. The molecule has 1 atom stereocenters. The molecule has 1 aliphatic carbocycles. The van der Waals surface area contributed by atoms with Crippen LogP contribution in [-0.2, 0) is 11.2 Å². The first kappa shape index (κ1) is 15.6. The van der Waals surface area contributed by atoms with Gasteiger partial charge in [0.25, 0.3) is 0 Å². The molecule has 0 spiro atoms. The van der Waals surface area contributed by atoms with Gasteiger partial charge in [0, 0.05) is 5.69 Å². The summed E-state index contributed by atoms with van der Waals surface area (Å²) in [6.45, 7) is 0. The standard InChI is InChI=1S/C20H24N2O/c21-18-12-10-15(11-13-18)14-19(23)22-20(17-8-4-5-9-17)16-6-2-1-3-7-16/h1-3,6-7,10-13,17,20H,4-5,8-9,14,21H2,(H,22,23). The Labute approximate surface area is 137 Å². The zero-order chi connectivity index (χ0) is 16.1. The molecular weight excluding hydrogens is 284 g/mol. The van der Waals surface area contributed by atoms with Crippen LogP contribution in [0.5, 0.6) is 0 Å².